The molecule has 6 nitrogen and oxygen atoms in total. The summed E-state index contributed by atoms with van der Waals surface area (Å²) in [5, 5.41) is 2.73. The molecule has 0 aliphatic carbocycles. The third-order valence-electron chi connectivity index (χ3n) is 3.29. The minimum absolute atomic E-state index is 0.221. The second kappa shape index (κ2) is 8.19. The Morgan fingerprint density at radius 3 is 2.44 bits per heavy atom. The van der Waals surface area contributed by atoms with Crippen molar-refractivity contribution in [2.45, 2.75) is 26.9 Å². The third kappa shape index (κ3) is 5.53. The first-order valence-corrected chi connectivity index (χ1v) is 7.95. The molecular weight excluding hydrogens is 320 g/mol. The van der Waals surface area contributed by atoms with Crippen molar-refractivity contribution in [3.8, 4) is 5.75 Å². The van der Waals surface area contributed by atoms with Crippen molar-refractivity contribution in [1.82, 2.24) is 0 Å². The van der Waals surface area contributed by atoms with Gasteiger partial charge in [-0.1, -0.05) is 17.7 Å². The highest BCUT2D eigenvalue weighted by atomic mass is 16.5. The number of benzene rings is 2. The normalized spacial score (nSPS) is 10.4. The van der Waals surface area contributed by atoms with Gasteiger partial charge >= 0.3 is 5.97 Å². The highest BCUT2D eigenvalue weighted by Gasteiger charge is 2.13. The molecule has 2 aromatic carbocycles. The highest BCUT2D eigenvalue weighted by molar-refractivity contribution is 5.92. The first-order valence-electron chi connectivity index (χ1n) is 7.95. The van der Waals surface area contributed by atoms with E-state index in [4.69, 9.17) is 15.2 Å². The van der Waals surface area contributed by atoms with Gasteiger partial charge < -0.3 is 20.5 Å². The summed E-state index contributed by atoms with van der Waals surface area (Å²) in [4.78, 5) is 23.9. The summed E-state index contributed by atoms with van der Waals surface area (Å²) in [5.41, 5.74) is 8.28. The fraction of sp³-hybridized carbons (Fsp3) is 0.263. The predicted molar refractivity (Wildman–Crippen MR) is 96.7 cm³/mol. The Morgan fingerprint density at radius 2 is 1.80 bits per heavy atom. The van der Waals surface area contributed by atoms with Crippen molar-refractivity contribution >= 4 is 23.3 Å². The van der Waals surface area contributed by atoms with Crippen LogP contribution in [0.1, 0.15) is 29.8 Å². The van der Waals surface area contributed by atoms with E-state index in [1.54, 1.807) is 26.0 Å². The van der Waals surface area contributed by atoms with E-state index < -0.39 is 5.97 Å². The number of hydrogen-bond acceptors (Lipinski definition) is 5. The van der Waals surface area contributed by atoms with Crippen molar-refractivity contribution in [2.75, 3.05) is 17.7 Å². The van der Waals surface area contributed by atoms with Gasteiger partial charge in [-0.2, -0.15) is 0 Å². The number of amides is 1. The van der Waals surface area contributed by atoms with Crippen molar-refractivity contribution in [1.29, 1.82) is 0 Å². The van der Waals surface area contributed by atoms with Gasteiger partial charge in [0.25, 0.3) is 5.91 Å². The Balaban J connectivity index is 1.98. The van der Waals surface area contributed by atoms with E-state index in [9.17, 15) is 9.59 Å². The van der Waals surface area contributed by atoms with Crippen molar-refractivity contribution in [2.24, 2.45) is 0 Å². The van der Waals surface area contributed by atoms with E-state index in [2.05, 4.69) is 5.32 Å². The first kappa shape index (κ1) is 18.3. The summed E-state index contributed by atoms with van der Waals surface area (Å²) in [5.74, 6) is -0.528. The standard InChI is InChI=1S/C19H22N2O4/c1-12(2)25-19(23)14-6-9-16(20)17(10-14)24-11-18(22)21-15-7-4-13(3)5-8-15/h4-10,12H,11,20H2,1-3H3,(H,21,22). The van der Waals surface area contributed by atoms with Gasteiger partial charge in [0.15, 0.2) is 6.61 Å². The van der Waals surface area contributed by atoms with E-state index in [0.717, 1.165) is 5.56 Å². The summed E-state index contributed by atoms with van der Waals surface area (Å²) in [7, 11) is 0. The molecule has 0 unspecified atom stereocenters. The van der Waals surface area contributed by atoms with E-state index in [0.29, 0.717) is 16.9 Å². The molecule has 6 heteroatoms. The average molecular weight is 342 g/mol. The Labute approximate surface area is 146 Å². The van der Waals surface area contributed by atoms with Gasteiger partial charge in [-0.15, -0.1) is 0 Å². The number of ether oxygens (including phenoxy) is 2. The molecule has 0 saturated heterocycles. The van der Waals surface area contributed by atoms with Crippen molar-refractivity contribution < 1.29 is 19.1 Å². The molecular formula is C19H22N2O4. The Hall–Kier alpha value is -3.02. The number of nitrogens with two attached hydrogens (primary N) is 1. The van der Waals surface area contributed by atoms with E-state index in [-0.39, 0.29) is 24.4 Å². The zero-order valence-electron chi connectivity index (χ0n) is 14.5. The van der Waals surface area contributed by atoms with Crippen LogP contribution in [0, 0.1) is 6.92 Å². The van der Waals surface area contributed by atoms with Gasteiger partial charge in [-0.05, 0) is 51.1 Å². The minimum atomic E-state index is -0.469. The van der Waals surface area contributed by atoms with Crippen LogP contribution in [0.15, 0.2) is 42.5 Å². The highest BCUT2D eigenvalue weighted by Crippen LogP contribution is 2.23. The summed E-state index contributed by atoms with van der Waals surface area (Å²) in [6.45, 7) is 5.28. The van der Waals surface area contributed by atoms with Gasteiger partial charge in [-0.25, -0.2) is 4.79 Å². The third-order valence-corrected chi connectivity index (χ3v) is 3.29. The van der Waals surface area contributed by atoms with Gasteiger partial charge in [0.05, 0.1) is 17.4 Å². The summed E-state index contributed by atoms with van der Waals surface area (Å²) < 4.78 is 10.6. The Morgan fingerprint density at radius 1 is 1.12 bits per heavy atom. The maximum absolute atomic E-state index is 12.0. The van der Waals surface area contributed by atoms with E-state index in [1.807, 2.05) is 31.2 Å². The quantitative estimate of drug-likeness (QED) is 0.621. The molecule has 0 bridgehead atoms. The zero-order valence-corrected chi connectivity index (χ0v) is 14.5. The van der Waals surface area contributed by atoms with Gasteiger partial charge in [0.2, 0.25) is 0 Å². The zero-order chi connectivity index (χ0) is 18.4. The molecule has 0 spiro atoms. The number of nitrogen functional groups attached to an aromatic ring is 1. The fourth-order valence-corrected chi connectivity index (χ4v) is 2.05. The molecule has 0 saturated carbocycles. The molecule has 2 aromatic rings. The maximum atomic E-state index is 12.0. The van der Waals surface area contributed by atoms with Crippen LogP contribution in [-0.4, -0.2) is 24.6 Å². The molecule has 132 valence electrons. The molecule has 25 heavy (non-hydrogen) atoms. The predicted octanol–water partition coefficient (Wildman–Crippen LogP) is 3.16. The number of rotatable bonds is 6. The molecule has 0 fully saturated rings. The van der Waals surface area contributed by atoms with Crippen LogP contribution in [-0.2, 0) is 9.53 Å². The smallest absolute Gasteiger partial charge is 0.338 e. The second-order valence-corrected chi connectivity index (χ2v) is 5.91. The second-order valence-electron chi connectivity index (χ2n) is 5.91. The van der Waals surface area contributed by atoms with Crippen LogP contribution in [0.4, 0.5) is 11.4 Å². The fourth-order valence-electron chi connectivity index (χ4n) is 2.05. The van der Waals surface area contributed by atoms with Crippen LogP contribution in [0.3, 0.4) is 0 Å². The molecule has 2 rings (SSSR count). The molecule has 0 heterocycles. The lowest BCUT2D eigenvalue weighted by Crippen LogP contribution is -2.20. The number of aryl methyl sites for hydroxylation is 1. The SMILES string of the molecule is Cc1ccc(NC(=O)COc2cc(C(=O)OC(C)C)ccc2N)cc1. The largest absolute Gasteiger partial charge is 0.482 e. The van der Waals surface area contributed by atoms with Crippen LogP contribution in [0.2, 0.25) is 0 Å². The van der Waals surface area contributed by atoms with Crippen LogP contribution < -0.4 is 15.8 Å². The van der Waals surface area contributed by atoms with Crippen LogP contribution in [0.5, 0.6) is 5.75 Å². The number of hydrogen-bond donors (Lipinski definition) is 2. The summed E-state index contributed by atoms with van der Waals surface area (Å²) >= 11 is 0. The first-order chi connectivity index (χ1) is 11.8. The lowest BCUT2D eigenvalue weighted by atomic mass is 10.2. The monoisotopic (exact) mass is 342 g/mol. The molecule has 0 aliphatic rings. The molecule has 3 N–H and O–H groups in total. The van der Waals surface area contributed by atoms with Gasteiger partial charge in [0, 0.05) is 5.69 Å². The molecule has 1 amide bonds. The average Bonchev–Trinajstić information content (AvgIpc) is 2.55. The number of esters is 1. The lowest BCUT2D eigenvalue weighted by molar-refractivity contribution is -0.118. The maximum Gasteiger partial charge on any atom is 0.338 e. The van der Waals surface area contributed by atoms with Crippen LogP contribution in [0.25, 0.3) is 0 Å². The van der Waals surface area contributed by atoms with Gasteiger partial charge in [-0.3, -0.25) is 4.79 Å². The topological polar surface area (TPSA) is 90.6 Å². The van der Waals surface area contributed by atoms with E-state index >= 15 is 0 Å². The van der Waals surface area contributed by atoms with Crippen molar-refractivity contribution in [3.05, 3.63) is 53.6 Å². The van der Waals surface area contributed by atoms with Gasteiger partial charge in [0.1, 0.15) is 5.75 Å². The molecule has 0 atom stereocenters. The molecule has 0 radical (unpaired) electrons. The Kier molecular flexibility index (Phi) is 6.00. The van der Waals surface area contributed by atoms with E-state index in [1.165, 1.54) is 6.07 Å². The number of carbonyl (C=O) groups excluding carboxylic acids is 2. The van der Waals surface area contributed by atoms with Crippen molar-refractivity contribution in [3.63, 3.8) is 0 Å². The minimum Gasteiger partial charge on any atom is -0.482 e. The molecule has 0 aliphatic heterocycles. The lowest BCUT2D eigenvalue weighted by Gasteiger charge is -2.12. The van der Waals surface area contributed by atoms with Crippen LogP contribution >= 0.6 is 0 Å². The summed E-state index contributed by atoms with van der Waals surface area (Å²) in [6.07, 6.45) is -0.227. The summed E-state index contributed by atoms with van der Waals surface area (Å²) in [6, 6.07) is 12.0. The Bertz CT molecular complexity index is 755. The number of nitrogens with one attached hydrogen (secondary N) is 1. The number of anilines is 2. The molecule has 0 aromatic heterocycles. The number of carbonyl (C=O) groups is 2.